The van der Waals surface area contributed by atoms with Crippen molar-refractivity contribution < 1.29 is 4.39 Å². The zero-order valence-corrected chi connectivity index (χ0v) is 13.7. The fraction of sp³-hybridized carbons (Fsp3) is 0.600. The number of piperidine rings is 1. The number of benzene rings is 1. The highest BCUT2D eigenvalue weighted by Gasteiger charge is 2.27. The topological polar surface area (TPSA) is 32.5 Å². The Morgan fingerprint density at radius 1 is 1.45 bits per heavy atom. The van der Waals surface area contributed by atoms with Crippen molar-refractivity contribution in [3.05, 3.63) is 34.1 Å². The van der Waals surface area contributed by atoms with Crippen LogP contribution in [-0.2, 0) is 0 Å². The lowest BCUT2D eigenvalue weighted by Gasteiger charge is -2.39. The van der Waals surface area contributed by atoms with Crippen LogP contribution in [-0.4, -0.2) is 49.6 Å². The van der Waals surface area contributed by atoms with Gasteiger partial charge in [0.15, 0.2) is 0 Å². The van der Waals surface area contributed by atoms with E-state index in [-0.39, 0.29) is 11.9 Å². The van der Waals surface area contributed by atoms with E-state index >= 15 is 0 Å². The normalized spacial score (nSPS) is 19.5. The largest absolute Gasteiger partial charge is 0.329 e. The third-order valence-corrected chi connectivity index (χ3v) is 4.79. The lowest BCUT2D eigenvalue weighted by atomic mass is 9.98. The summed E-state index contributed by atoms with van der Waals surface area (Å²) in [7, 11) is 4.21. The highest BCUT2D eigenvalue weighted by atomic mass is 79.9. The quantitative estimate of drug-likeness (QED) is 0.911. The van der Waals surface area contributed by atoms with E-state index in [1.165, 1.54) is 6.07 Å². The molecule has 0 saturated carbocycles. The van der Waals surface area contributed by atoms with Crippen molar-refractivity contribution >= 4 is 15.9 Å². The maximum Gasteiger partial charge on any atom is 0.128 e. The van der Waals surface area contributed by atoms with Crippen molar-refractivity contribution in [2.24, 2.45) is 5.73 Å². The van der Waals surface area contributed by atoms with E-state index in [0.717, 1.165) is 30.4 Å². The first kappa shape index (κ1) is 15.9. The number of hydrogen-bond acceptors (Lipinski definition) is 3. The Morgan fingerprint density at radius 2 is 2.10 bits per heavy atom. The molecule has 0 spiro atoms. The Morgan fingerprint density at radius 3 is 2.70 bits per heavy atom. The molecule has 3 nitrogen and oxygen atoms in total. The van der Waals surface area contributed by atoms with Gasteiger partial charge in [0.05, 0.1) is 0 Å². The van der Waals surface area contributed by atoms with E-state index < -0.39 is 0 Å². The Hall–Kier alpha value is -0.490. The third kappa shape index (κ3) is 3.58. The zero-order valence-electron chi connectivity index (χ0n) is 12.1. The molecule has 1 heterocycles. The Bertz CT molecular complexity index is 447. The van der Waals surface area contributed by atoms with Crippen LogP contribution in [0.1, 0.15) is 24.4 Å². The van der Waals surface area contributed by atoms with Crippen LogP contribution in [0.25, 0.3) is 0 Å². The molecule has 20 heavy (non-hydrogen) atoms. The van der Waals surface area contributed by atoms with E-state index in [1.807, 2.05) is 6.07 Å². The second-order valence-corrected chi connectivity index (χ2v) is 6.53. The first-order valence-corrected chi connectivity index (χ1v) is 7.87. The van der Waals surface area contributed by atoms with E-state index in [2.05, 4.69) is 39.8 Å². The van der Waals surface area contributed by atoms with Gasteiger partial charge < -0.3 is 10.6 Å². The molecule has 0 aliphatic carbocycles. The molecule has 1 unspecified atom stereocenters. The highest BCUT2D eigenvalue weighted by molar-refractivity contribution is 9.10. The lowest BCUT2D eigenvalue weighted by molar-refractivity contribution is 0.108. The van der Waals surface area contributed by atoms with Crippen LogP contribution in [0.5, 0.6) is 0 Å². The molecule has 1 aromatic rings. The van der Waals surface area contributed by atoms with Gasteiger partial charge >= 0.3 is 0 Å². The molecule has 5 heteroatoms. The summed E-state index contributed by atoms with van der Waals surface area (Å²) in [5.74, 6) is -0.177. The van der Waals surface area contributed by atoms with Crippen LogP contribution in [0.2, 0.25) is 0 Å². The predicted octanol–water partition coefficient (Wildman–Crippen LogP) is 2.61. The number of hydrogen-bond donors (Lipinski definition) is 1. The zero-order chi connectivity index (χ0) is 14.7. The third-order valence-electron chi connectivity index (χ3n) is 4.30. The molecule has 1 atom stereocenters. The minimum absolute atomic E-state index is 0.0686. The smallest absolute Gasteiger partial charge is 0.128 e. The number of likely N-dealkylation sites (tertiary alicyclic amines) is 1. The summed E-state index contributed by atoms with van der Waals surface area (Å²) in [5.41, 5.74) is 6.61. The van der Waals surface area contributed by atoms with E-state index in [0.29, 0.717) is 18.2 Å². The average Bonchev–Trinajstić information content (AvgIpc) is 2.44. The molecule has 112 valence electrons. The summed E-state index contributed by atoms with van der Waals surface area (Å²) in [6, 6.07) is 5.48. The van der Waals surface area contributed by atoms with Crippen LogP contribution in [0.15, 0.2) is 22.7 Å². The van der Waals surface area contributed by atoms with Crippen molar-refractivity contribution in [3.63, 3.8) is 0 Å². The number of halogens is 2. The van der Waals surface area contributed by atoms with Crippen LogP contribution in [0, 0.1) is 5.82 Å². The van der Waals surface area contributed by atoms with Crippen molar-refractivity contribution in [2.75, 3.05) is 33.7 Å². The second-order valence-electron chi connectivity index (χ2n) is 5.62. The van der Waals surface area contributed by atoms with Crippen molar-refractivity contribution in [2.45, 2.75) is 24.9 Å². The maximum atomic E-state index is 14.1. The standard InChI is InChI=1S/C15H23BrFN3/c1-19-7-5-12(6-8-19)20(2)15(10-18)13-9-11(16)3-4-14(13)17/h3-4,9,12,15H,5-8,10,18H2,1-2H3. The number of rotatable bonds is 4. The van der Waals surface area contributed by atoms with E-state index in [4.69, 9.17) is 5.73 Å². The summed E-state index contributed by atoms with van der Waals surface area (Å²) in [6.45, 7) is 2.61. The number of nitrogens with zero attached hydrogens (tertiary/aromatic N) is 2. The first-order chi connectivity index (χ1) is 9.52. The van der Waals surface area contributed by atoms with E-state index in [9.17, 15) is 4.39 Å². The van der Waals surface area contributed by atoms with Gasteiger partial charge in [0.1, 0.15) is 5.82 Å². The predicted molar refractivity (Wildman–Crippen MR) is 84.2 cm³/mol. The fourth-order valence-electron chi connectivity index (χ4n) is 2.94. The molecule has 1 aliphatic rings. The minimum atomic E-state index is -0.177. The minimum Gasteiger partial charge on any atom is -0.329 e. The van der Waals surface area contributed by atoms with E-state index in [1.54, 1.807) is 6.07 Å². The Labute approximate surface area is 129 Å². The van der Waals surface area contributed by atoms with Gasteiger partial charge in [-0.2, -0.15) is 0 Å². The first-order valence-electron chi connectivity index (χ1n) is 7.08. The SMILES string of the molecule is CN1CCC(N(C)C(CN)c2cc(Br)ccc2F)CC1. The monoisotopic (exact) mass is 343 g/mol. The van der Waals surface area contributed by atoms with Gasteiger partial charge in [-0.1, -0.05) is 15.9 Å². The van der Waals surface area contributed by atoms with Crippen LogP contribution in [0.3, 0.4) is 0 Å². The van der Waals surface area contributed by atoms with Crippen LogP contribution >= 0.6 is 15.9 Å². The summed E-state index contributed by atoms with van der Waals surface area (Å²) in [5, 5.41) is 0. The van der Waals surface area contributed by atoms with Gasteiger partial charge in [0.25, 0.3) is 0 Å². The van der Waals surface area contributed by atoms with Gasteiger partial charge in [0, 0.05) is 28.7 Å². The molecule has 1 saturated heterocycles. The molecular formula is C15H23BrFN3. The molecular weight excluding hydrogens is 321 g/mol. The molecule has 1 fully saturated rings. The molecule has 0 aromatic heterocycles. The molecule has 0 amide bonds. The van der Waals surface area contributed by atoms with Crippen molar-refractivity contribution in [1.29, 1.82) is 0 Å². The second kappa shape index (κ2) is 6.98. The Kier molecular flexibility index (Phi) is 5.55. The van der Waals surface area contributed by atoms with Gasteiger partial charge in [0.2, 0.25) is 0 Å². The molecule has 0 bridgehead atoms. The van der Waals surface area contributed by atoms with Gasteiger partial charge in [-0.3, -0.25) is 4.90 Å². The molecule has 2 N–H and O–H groups in total. The number of likely N-dealkylation sites (N-methyl/N-ethyl adjacent to an activating group) is 1. The number of nitrogens with two attached hydrogens (primary N) is 1. The van der Waals surface area contributed by atoms with Crippen LogP contribution in [0.4, 0.5) is 4.39 Å². The summed E-state index contributed by atoms with van der Waals surface area (Å²) in [4.78, 5) is 4.58. The fourth-order valence-corrected chi connectivity index (χ4v) is 3.32. The summed E-state index contributed by atoms with van der Waals surface area (Å²) < 4.78 is 15.0. The summed E-state index contributed by atoms with van der Waals surface area (Å²) >= 11 is 3.41. The highest BCUT2D eigenvalue weighted by Crippen LogP contribution is 2.28. The average molecular weight is 344 g/mol. The molecule has 1 aromatic carbocycles. The molecule has 1 aliphatic heterocycles. The van der Waals surface area contributed by atoms with Crippen LogP contribution < -0.4 is 5.73 Å². The van der Waals surface area contributed by atoms with Gasteiger partial charge in [-0.15, -0.1) is 0 Å². The van der Waals surface area contributed by atoms with Gasteiger partial charge in [-0.05, 0) is 58.2 Å². The van der Waals surface area contributed by atoms with Crippen molar-refractivity contribution in [1.82, 2.24) is 9.80 Å². The Balaban J connectivity index is 2.16. The van der Waals surface area contributed by atoms with Crippen molar-refractivity contribution in [3.8, 4) is 0 Å². The molecule has 2 rings (SSSR count). The lowest BCUT2D eigenvalue weighted by Crippen LogP contribution is -2.45. The molecule has 0 radical (unpaired) electrons. The maximum absolute atomic E-state index is 14.1. The van der Waals surface area contributed by atoms with Gasteiger partial charge in [-0.25, -0.2) is 4.39 Å². The summed E-state index contributed by atoms with van der Waals surface area (Å²) in [6.07, 6.45) is 2.22.